The van der Waals surface area contributed by atoms with E-state index in [0.29, 0.717) is 17.9 Å². The van der Waals surface area contributed by atoms with Crippen molar-refractivity contribution in [2.24, 2.45) is 23.5 Å². The van der Waals surface area contributed by atoms with E-state index < -0.39 is 0 Å². The van der Waals surface area contributed by atoms with Crippen LogP contribution in [0.3, 0.4) is 0 Å². The quantitative estimate of drug-likeness (QED) is 0.869. The van der Waals surface area contributed by atoms with Gasteiger partial charge in [-0.2, -0.15) is 0 Å². The first-order chi connectivity index (χ1) is 12.4. The van der Waals surface area contributed by atoms with E-state index >= 15 is 0 Å². The van der Waals surface area contributed by atoms with E-state index in [-0.39, 0.29) is 5.54 Å². The number of ether oxygens (including phenoxy) is 1. The van der Waals surface area contributed by atoms with Crippen molar-refractivity contribution in [1.82, 2.24) is 4.98 Å². The predicted octanol–water partition coefficient (Wildman–Crippen LogP) is 3.18. The van der Waals surface area contributed by atoms with Crippen LogP contribution >= 0.6 is 0 Å². The number of hydrogen-bond acceptors (Lipinski definition) is 5. The Kier molecular flexibility index (Phi) is 4.86. The highest BCUT2D eigenvalue weighted by Crippen LogP contribution is 2.47. The van der Waals surface area contributed by atoms with Crippen LogP contribution in [0, 0.1) is 24.7 Å². The molecule has 144 valence electrons. The van der Waals surface area contributed by atoms with Crippen molar-refractivity contribution in [2.45, 2.75) is 58.0 Å². The maximum atomic E-state index is 6.71. The average molecular weight is 359 g/mol. The molecule has 3 fully saturated rings. The van der Waals surface area contributed by atoms with Crippen molar-refractivity contribution in [3.63, 3.8) is 0 Å². The molecule has 0 aromatic carbocycles. The van der Waals surface area contributed by atoms with Gasteiger partial charge < -0.3 is 20.7 Å². The standard InChI is InChI=1S/C21H34N4O/c1-14-10-17-13-21(22,11-14)12-15(2)20(17)24-18-4-5-19(23-16(18)3)25-6-8-26-9-7-25/h4-5,14-15,17,20,24H,6-13,22H2,1-3H3. The fourth-order valence-electron chi connectivity index (χ4n) is 5.76. The molecule has 2 saturated carbocycles. The van der Waals surface area contributed by atoms with E-state index in [1.165, 1.54) is 18.5 Å². The van der Waals surface area contributed by atoms with Gasteiger partial charge in [-0.3, -0.25) is 0 Å². The zero-order valence-electron chi connectivity index (χ0n) is 16.5. The van der Waals surface area contributed by atoms with E-state index in [9.17, 15) is 0 Å². The third-order valence-corrected chi connectivity index (χ3v) is 6.71. The van der Waals surface area contributed by atoms with E-state index in [0.717, 1.165) is 56.6 Å². The fourth-order valence-corrected chi connectivity index (χ4v) is 5.76. The fraction of sp³-hybridized carbons (Fsp3) is 0.762. The number of aryl methyl sites for hydroxylation is 1. The Bertz CT molecular complexity index is 641. The maximum Gasteiger partial charge on any atom is 0.129 e. The lowest BCUT2D eigenvalue weighted by Crippen LogP contribution is -2.57. The van der Waals surface area contributed by atoms with Crippen LogP contribution in [0.1, 0.15) is 45.2 Å². The summed E-state index contributed by atoms with van der Waals surface area (Å²) in [5, 5.41) is 3.86. The monoisotopic (exact) mass is 358 g/mol. The predicted molar refractivity (Wildman–Crippen MR) is 107 cm³/mol. The van der Waals surface area contributed by atoms with Gasteiger partial charge in [-0.1, -0.05) is 13.8 Å². The number of pyridine rings is 1. The van der Waals surface area contributed by atoms with E-state index in [2.05, 4.69) is 43.1 Å². The molecule has 5 nitrogen and oxygen atoms in total. The number of rotatable bonds is 3. The molecule has 0 spiro atoms. The molecular weight excluding hydrogens is 324 g/mol. The summed E-state index contributed by atoms with van der Waals surface area (Å²) < 4.78 is 5.45. The van der Waals surface area contributed by atoms with Gasteiger partial charge in [0, 0.05) is 24.7 Å². The molecule has 1 aromatic heterocycles. The zero-order chi connectivity index (χ0) is 18.3. The van der Waals surface area contributed by atoms with Crippen molar-refractivity contribution in [3.05, 3.63) is 17.8 Å². The van der Waals surface area contributed by atoms with Gasteiger partial charge in [-0.15, -0.1) is 0 Å². The molecule has 2 heterocycles. The lowest BCUT2D eigenvalue weighted by atomic mass is 9.59. The largest absolute Gasteiger partial charge is 0.380 e. The summed E-state index contributed by atoms with van der Waals surface area (Å²) in [6.07, 6.45) is 4.77. The summed E-state index contributed by atoms with van der Waals surface area (Å²) in [6, 6.07) is 4.88. The van der Waals surface area contributed by atoms with Gasteiger partial charge in [-0.25, -0.2) is 4.98 Å². The molecule has 3 N–H and O–H groups in total. The number of anilines is 2. The van der Waals surface area contributed by atoms with Crippen LogP contribution in [0.5, 0.6) is 0 Å². The highest BCUT2D eigenvalue weighted by atomic mass is 16.5. The Morgan fingerprint density at radius 1 is 1.19 bits per heavy atom. The molecule has 2 bridgehead atoms. The highest BCUT2D eigenvalue weighted by Gasteiger charge is 2.46. The lowest BCUT2D eigenvalue weighted by molar-refractivity contribution is 0.0712. The van der Waals surface area contributed by atoms with Crippen LogP contribution < -0.4 is 16.0 Å². The molecule has 26 heavy (non-hydrogen) atoms. The number of nitrogens with two attached hydrogens (primary N) is 1. The van der Waals surface area contributed by atoms with Gasteiger partial charge in [0.05, 0.1) is 24.6 Å². The van der Waals surface area contributed by atoms with E-state index in [4.69, 9.17) is 15.5 Å². The van der Waals surface area contributed by atoms with Gasteiger partial charge in [0.1, 0.15) is 5.82 Å². The Labute approximate surface area is 157 Å². The number of fused-ring (bicyclic) bond motifs is 2. The Morgan fingerprint density at radius 3 is 2.69 bits per heavy atom. The summed E-state index contributed by atoms with van der Waals surface area (Å²) >= 11 is 0. The van der Waals surface area contributed by atoms with Crippen LogP contribution in [-0.2, 0) is 4.74 Å². The summed E-state index contributed by atoms with van der Waals surface area (Å²) in [5.41, 5.74) is 9.05. The van der Waals surface area contributed by atoms with Gasteiger partial charge >= 0.3 is 0 Å². The highest BCUT2D eigenvalue weighted by molar-refractivity contribution is 5.54. The number of nitrogens with zero attached hydrogens (tertiary/aromatic N) is 2. The number of hydrogen-bond donors (Lipinski definition) is 2. The van der Waals surface area contributed by atoms with E-state index in [1.807, 2.05) is 0 Å². The average Bonchev–Trinajstić information content (AvgIpc) is 2.59. The first-order valence-corrected chi connectivity index (χ1v) is 10.3. The smallest absolute Gasteiger partial charge is 0.129 e. The molecule has 4 rings (SSSR count). The first-order valence-electron chi connectivity index (χ1n) is 10.3. The normalized spacial score (nSPS) is 37.5. The van der Waals surface area contributed by atoms with Crippen LogP contribution in [0.15, 0.2) is 12.1 Å². The molecule has 0 amide bonds. The van der Waals surface area contributed by atoms with Gasteiger partial charge in [0.25, 0.3) is 0 Å². The number of nitrogens with one attached hydrogen (secondary N) is 1. The molecule has 5 unspecified atom stereocenters. The van der Waals surface area contributed by atoms with Crippen LogP contribution in [0.4, 0.5) is 11.5 Å². The Morgan fingerprint density at radius 2 is 1.96 bits per heavy atom. The van der Waals surface area contributed by atoms with Crippen molar-refractivity contribution in [3.8, 4) is 0 Å². The summed E-state index contributed by atoms with van der Waals surface area (Å²) in [6.45, 7) is 10.3. The SMILES string of the molecule is Cc1nc(N2CCOCC2)ccc1NC1C(C)CC2(N)CC(C)CC1C2. The van der Waals surface area contributed by atoms with E-state index in [1.54, 1.807) is 0 Å². The topological polar surface area (TPSA) is 63.4 Å². The molecule has 5 atom stereocenters. The third kappa shape index (κ3) is 3.56. The second-order valence-corrected chi connectivity index (χ2v) is 9.12. The van der Waals surface area contributed by atoms with Gasteiger partial charge in [0.15, 0.2) is 0 Å². The summed E-state index contributed by atoms with van der Waals surface area (Å²) in [4.78, 5) is 7.19. The van der Waals surface area contributed by atoms with Crippen molar-refractivity contribution >= 4 is 11.5 Å². The zero-order valence-corrected chi connectivity index (χ0v) is 16.5. The van der Waals surface area contributed by atoms with Gasteiger partial charge in [-0.05, 0) is 62.5 Å². The molecule has 2 aliphatic carbocycles. The van der Waals surface area contributed by atoms with Crippen LogP contribution in [0.25, 0.3) is 0 Å². The summed E-state index contributed by atoms with van der Waals surface area (Å²) in [5.74, 6) is 3.08. The molecule has 1 saturated heterocycles. The minimum Gasteiger partial charge on any atom is -0.380 e. The maximum absolute atomic E-state index is 6.71. The molecule has 1 aromatic rings. The van der Waals surface area contributed by atoms with Crippen LogP contribution in [-0.4, -0.2) is 42.9 Å². The number of morpholine rings is 1. The number of aromatic nitrogens is 1. The molecule has 3 aliphatic rings. The molecule has 0 radical (unpaired) electrons. The van der Waals surface area contributed by atoms with Crippen molar-refractivity contribution in [1.29, 1.82) is 0 Å². The molecule has 1 aliphatic heterocycles. The molecular formula is C21H34N4O. The summed E-state index contributed by atoms with van der Waals surface area (Å²) in [7, 11) is 0. The van der Waals surface area contributed by atoms with Crippen molar-refractivity contribution < 1.29 is 4.74 Å². The lowest BCUT2D eigenvalue weighted by Gasteiger charge is -2.52. The minimum absolute atomic E-state index is 0.0629. The first kappa shape index (κ1) is 18.1. The molecule has 5 heteroatoms. The van der Waals surface area contributed by atoms with Crippen molar-refractivity contribution in [2.75, 3.05) is 36.5 Å². The second-order valence-electron chi connectivity index (χ2n) is 9.12. The van der Waals surface area contributed by atoms with Crippen LogP contribution in [0.2, 0.25) is 0 Å². The third-order valence-electron chi connectivity index (χ3n) is 6.71. The second kappa shape index (κ2) is 7.01. The Balaban J connectivity index is 1.49. The Hall–Kier alpha value is -1.33. The van der Waals surface area contributed by atoms with Gasteiger partial charge in [0.2, 0.25) is 0 Å². The minimum atomic E-state index is 0.0629.